The van der Waals surface area contributed by atoms with Gasteiger partial charge in [-0.1, -0.05) is 6.92 Å². The summed E-state index contributed by atoms with van der Waals surface area (Å²) in [6.45, 7) is 7.80. The van der Waals surface area contributed by atoms with E-state index in [1.54, 1.807) is 0 Å². The van der Waals surface area contributed by atoms with Gasteiger partial charge in [0.05, 0.1) is 6.61 Å². The third-order valence-electron chi connectivity index (χ3n) is 2.71. The molecule has 0 aliphatic rings. The average Bonchev–Trinajstić information content (AvgIpc) is 2.04. The fraction of sp³-hybridized carbons (Fsp3) is 1.00. The minimum absolute atomic E-state index is 0.00621. The lowest BCUT2D eigenvalue weighted by molar-refractivity contribution is 0.0637. The number of rotatable bonds is 6. The van der Waals surface area contributed by atoms with E-state index in [2.05, 4.69) is 25.7 Å². The van der Waals surface area contributed by atoms with Crippen LogP contribution in [0.25, 0.3) is 0 Å². The summed E-state index contributed by atoms with van der Waals surface area (Å²) >= 11 is 0. The second-order valence-corrected chi connectivity index (χ2v) is 4.23. The van der Waals surface area contributed by atoms with Crippen molar-refractivity contribution in [1.82, 2.24) is 4.90 Å². The summed E-state index contributed by atoms with van der Waals surface area (Å²) in [5.74, 6) is 0. The van der Waals surface area contributed by atoms with Crippen LogP contribution >= 0.6 is 0 Å². The van der Waals surface area contributed by atoms with Gasteiger partial charge in [0.25, 0.3) is 0 Å². The Morgan fingerprint density at radius 3 is 2.31 bits per heavy atom. The smallest absolute Gasteiger partial charge is 0.0635 e. The van der Waals surface area contributed by atoms with E-state index >= 15 is 0 Å². The van der Waals surface area contributed by atoms with E-state index in [1.807, 2.05) is 14.1 Å². The lowest BCUT2D eigenvalue weighted by atomic mass is 9.95. The molecule has 3 nitrogen and oxygen atoms in total. The highest BCUT2D eigenvalue weighted by Gasteiger charge is 2.28. The predicted octanol–water partition coefficient (Wildman–Crippen LogP) is 1.08. The highest BCUT2D eigenvalue weighted by atomic mass is 16.5. The van der Waals surface area contributed by atoms with Crippen LogP contribution in [0, 0.1) is 0 Å². The van der Waals surface area contributed by atoms with Gasteiger partial charge in [0.1, 0.15) is 0 Å². The maximum Gasteiger partial charge on any atom is 0.0635 e. The fourth-order valence-corrected chi connectivity index (χ4v) is 0.890. The molecule has 0 aromatic rings. The number of hydrogen-bond acceptors (Lipinski definition) is 3. The Bertz CT molecular complexity index is 135. The Morgan fingerprint density at radius 1 is 1.38 bits per heavy atom. The van der Waals surface area contributed by atoms with Crippen molar-refractivity contribution in [3.8, 4) is 0 Å². The van der Waals surface area contributed by atoms with Crippen LogP contribution in [0.2, 0.25) is 0 Å². The van der Waals surface area contributed by atoms with Gasteiger partial charge in [-0.15, -0.1) is 0 Å². The van der Waals surface area contributed by atoms with Crippen molar-refractivity contribution in [2.45, 2.75) is 38.8 Å². The normalized spacial score (nSPS) is 15.0. The molecule has 0 fully saturated rings. The monoisotopic (exact) mass is 188 g/mol. The van der Waals surface area contributed by atoms with Gasteiger partial charge in [0.2, 0.25) is 0 Å². The molecule has 3 heteroatoms. The summed E-state index contributed by atoms with van der Waals surface area (Å²) in [7, 11) is 4.08. The second-order valence-electron chi connectivity index (χ2n) is 4.23. The molecule has 0 aliphatic carbocycles. The molecular weight excluding hydrogens is 164 g/mol. The zero-order valence-corrected chi connectivity index (χ0v) is 9.63. The van der Waals surface area contributed by atoms with E-state index < -0.39 is 0 Å². The minimum atomic E-state index is -0.00621. The van der Waals surface area contributed by atoms with Crippen molar-refractivity contribution in [3.63, 3.8) is 0 Å². The lowest BCUT2D eigenvalue weighted by Gasteiger charge is -2.37. The van der Waals surface area contributed by atoms with Crippen LogP contribution in [0.4, 0.5) is 0 Å². The maximum absolute atomic E-state index is 6.03. The molecule has 0 saturated carbocycles. The Kier molecular flexibility index (Phi) is 5.53. The summed E-state index contributed by atoms with van der Waals surface area (Å²) in [5.41, 5.74) is 6.02. The minimum Gasteiger partial charge on any atom is -0.380 e. The van der Waals surface area contributed by atoms with Crippen molar-refractivity contribution in [3.05, 3.63) is 0 Å². The van der Waals surface area contributed by atoms with Crippen LogP contribution < -0.4 is 5.73 Å². The van der Waals surface area contributed by atoms with Crippen LogP contribution in [-0.2, 0) is 4.74 Å². The molecule has 1 atom stereocenters. The largest absolute Gasteiger partial charge is 0.380 e. The highest BCUT2D eigenvalue weighted by Crippen LogP contribution is 2.14. The molecule has 80 valence electrons. The average molecular weight is 188 g/mol. The van der Waals surface area contributed by atoms with Crippen LogP contribution in [0.5, 0.6) is 0 Å². The Labute approximate surface area is 82.2 Å². The van der Waals surface area contributed by atoms with Gasteiger partial charge in [-0.05, 0) is 34.4 Å². The zero-order chi connectivity index (χ0) is 10.5. The molecule has 0 saturated heterocycles. The zero-order valence-electron chi connectivity index (χ0n) is 9.63. The second kappa shape index (κ2) is 5.58. The molecule has 0 amide bonds. The third-order valence-corrected chi connectivity index (χ3v) is 2.71. The van der Waals surface area contributed by atoms with Crippen molar-refractivity contribution in [2.75, 3.05) is 27.3 Å². The van der Waals surface area contributed by atoms with Crippen molar-refractivity contribution in [1.29, 1.82) is 0 Å². The molecule has 0 aromatic carbocycles. The molecule has 0 heterocycles. The van der Waals surface area contributed by atoms with Crippen LogP contribution in [0.3, 0.4) is 0 Å². The Morgan fingerprint density at radius 2 is 1.92 bits per heavy atom. The van der Waals surface area contributed by atoms with E-state index in [-0.39, 0.29) is 11.6 Å². The van der Waals surface area contributed by atoms with E-state index in [0.717, 1.165) is 13.0 Å². The van der Waals surface area contributed by atoms with Crippen LogP contribution in [-0.4, -0.2) is 43.8 Å². The number of nitrogens with zero attached hydrogens (tertiary/aromatic N) is 1. The van der Waals surface area contributed by atoms with Crippen molar-refractivity contribution >= 4 is 0 Å². The fourth-order valence-electron chi connectivity index (χ4n) is 0.890. The van der Waals surface area contributed by atoms with Gasteiger partial charge in [-0.2, -0.15) is 0 Å². The Balaban J connectivity index is 3.87. The lowest BCUT2D eigenvalue weighted by Crippen LogP contribution is -2.55. The summed E-state index contributed by atoms with van der Waals surface area (Å²) in [5, 5.41) is 0. The molecule has 0 bridgehead atoms. The van der Waals surface area contributed by atoms with E-state index in [1.165, 1.54) is 0 Å². The summed E-state index contributed by atoms with van der Waals surface area (Å²) in [6, 6.07) is 0.0639. The maximum atomic E-state index is 6.03. The molecular formula is C10H24N2O. The number of ether oxygens (including phenoxy) is 1. The van der Waals surface area contributed by atoms with Crippen molar-refractivity contribution < 1.29 is 4.74 Å². The molecule has 0 spiro atoms. The van der Waals surface area contributed by atoms with Gasteiger partial charge in [-0.25, -0.2) is 0 Å². The summed E-state index contributed by atoms with van der Waals surface area (Å²) in [6.07, 6.45) is 1.05. The van der Waals surface area contributed by atoms with Gasteiger partial charge in [0.15, 0.2) is 0 Å². The SMILES string of the molecule is CCCOCC(N)C(C)(C)N(C)C. The third kappa shape index (κ3) is 4.07. The van der Waals surface area contributed by atoms with Gasteiger partial charge < -0.3 is 15.4 Å². The first kappa shape index (κ1) is 12.9. The Hall–Kier alpha value is -0.120. The molecule has 2 N–H and O–H groups in total. The van der Waals surface area contributed by atoms with Crippen LogP contribution in [0.15, 0.2) is 0 Å². The first-order valence-electron chi connectivity index (χ1n) is 4.93. The summed E-state index contributed by atoms with van der Waals surface area (Å²) in [4.78, 5) is 2.13. The molecule has 0 rings (SSSR count). The van der Waals surface area contributed by atoms with E-state index in [4.69, 9.17) is 10.5 Å². The first-order chi connectivity index (χ1) is 5.92. The number of nitrogens with two attached hydrogens (primary N) is 1. The standard InChI is InChI=1S/C10H24N2O/c1-6-7-13-8-9(11)10(2,3)12(4)5/h9H,6-8,11H2,1-5H3. The summed E-state index contributed by atoms with van der Waals surface area (Å²) < 4.78 is 5.43. The van der Waals surface area contributed by atoms with Crippen LogP contribution in [0.1, 0.15) is 27.2 Å². The predicted molar refractivity (Wildman–Crippen MR) is 56.9 cm³/mol. The molecule has 0 radical (unpaired) electrons. The molecule has 0 aromatic heterocycles. The van der Waals surface area contributed by atoms with Crippen molar-refractivity contribution in [2.24, 2.45) is 5.73 Å². The highest BCUT2D eigenvalue weighted by molar-refractivity contribution is 4.88. The number of likely N-dealkylation sites (N-methyl/N-ethyl adjacent to an activating group) is 1. The number of hydrogen-bond donors (Lipinski definition) is 1. The van der Waals surface area contributed by atoms with E-state index in [0.29, 0.717) is 6.61 Å². The van der Waals surface area contributed by atoms with Gasteiger partial charge in [-0.3, -0.25) is 0 Å². The van der Waals surface area contributed by atoms with Gasteiger partial charge in [0, 0.05) is 18.2 Å². The first-order valence-corrected chi connectivity index (χ1v) is 4.93. The molecule has 13 heavy (non-hydrogen) atoms. The van der Waals surface area contributed by atoms with E-state index in [9.17, 15) is 0 Å². The topological polar surface area (TPSA) is 38.5 Å². The molecule has 0 aliphatic heterocycles. The quantitative estimate of drug-likeness (QED) is 0.634. The van der Waals surface area contributed by atoms with Gasteiger partial charge >= 0.3 is 0 Å². The molecule has 1 unspecified atom stereocenters.